The van der Waals surface area contributed by atoms with Gasteiger partial charge in [-0.2, -0.15) is 0 Å². The molecule has 1 rings (SSSR count). The van der Waals surface area contributed by atoms with Crippen molar-refractivity contribution in [1.29, 1.82) is 0 Å². The monoisotopic (exact) mass is 277 g/mol. The average molecular weight is 277 g/mol. The highest BCUT2D eigenvalue weighted by atomic mass is 16.6. The van der Waals surface area contributed by atoms with Crippen molar-refractivity contribution in [3.8, 4) is 0 Å². The highest BCUT2D eigenvalue weighted by molar-refractivity contribution is 5.70. The van der Waals surface area contributed by atoms with E-state index in [1.54, 1.807) is 0 Å². The van der Waals surface area contributed by atoms with Crippen molar-refractivity contribution in [3.63, 3.8) is 0 Å². The maximum absolute atomic E-state index is 11.9. The average Bonchev–Trinajstić information content (AvgIpc) is 2.40. The fourth-order valence-electron chi connectivity index (χ4n) is 1.72. The van der Waals surface area contributed by atoms with Crippen LogP contribution in [0.5, 0.6) is 0 Å². The predicted octanol–water partition coefficient (Wildman–Crippen LogP) is 2.59. The van der Waals surface area contributed by atoms with Gasteiger partial charge in [0, 0.05) is 13.1 Å². The van der Waals surface area contributed by atoms with Crippen LogP contribution >= 0.6 is 0 Å². The smallest absolute Gasteiger partial charge is 0.410 e. The number of ether oxygens (including phenoxy) is 1. The lowest BCUT2D eigenvalue weighted by molar-refractivity contribution is -0.137. The van der Waals surface area contributed by atoms with Crippen LogP contribution in [0.1, 0.15) is 17.5 Å². The minimum Gasteiger partial charge on any atom is -0.481 e. The van der Waals surface area contributed by atoms with Crippen LogP contribution in [0.4, 0.5) is 4.79 Å². The summed E-state index contributed by atoms with van der Waals surface area (Å²) in [4.78, 5) is 23.9. The summed E-state index contributed by atoms with van der Waals surface area (Å²) in [5.41, 5.74) is 2.02. The number of aliphatic carboxylic acids is 1. The maximum Gasteiger partial charge on any atom is 0.410 e. The summed E-state index contributed by atoms with van der Waals surface area (Å²) in [6, 6.07) is 7.70. The zero-order valence-corrected chi connectivity index (χ0v) is 11.5. The molecule has 108 valence electrons. The number of hydrogen-bond donors (Lipinski definition) is 1. The number of rotatable bonds is 7. The van der Waals surface area contributed by atoms with Crippen LogP contribution in [-0.4, -0.2) is 35.2 Å². The van der Waals surface area contributed by atoms with Crippen LogP contribution in [0.15, 0.2) is 36.9 Å². The Morgan fingerprint density at radius 2 is 2.20 bits per heavy atom. The van der Waals surface area contributed by atoms with Gasteiger partial charge < -0.3 is 14.7 Å². The van der Waals surface area contributed by atoms with Crippen LogP contribution in [0.3, 0.4) is 0 Å². The molecule has 0 aromatic heterocycles. The van der Waals surface area contributed by atoms with Gasteiger partial charge >= 0.3 is 12.1 Å². The molecule has 0 spiro atoms. The van der Waals surface area contributed by atoms with E-state index in [1.165, 1.54) is 11.0 Å². The third kappa shape index (κ3) is 5.56. The molecule has 0 aliphatic heterocycles. The predicted molar refractivity (Wildman–Crippen MR) is 75.4 cm³/mol. The van der Waals surface area contributed by atoms with E-state index in [0.29, 0.717) is 6.54 Å². The van der Waals surface area contributed by atoms with Crippen LogP contribution in [0, 0.1) is 6.92 Å². The Bertz CT molecular complexity index is 485. The molecule has 1 amide bonds. The second kappa shape index (κ2) is 7.99. The van der Waals surface area contributed by atoms with Gasteiger partial charge in [0.05, 0.1) is 6.42 Å². The Labute approximate surface area is 118 Å². The van der Waals surface area contributed by atoms with E-state index in [0.717, 1.165) is 11.1 Å². The SMILES string of the molecule is C=CCOC(=O)N(CCC(=O)O)Cc1cccc(C)c1. The first-order chi connectivity index (χ1) is 9.52. The van der Waals surface area contributed by atoms with Gasteiger partial charge in [0.15, 0.2) is 0 Å². The number of nitrogens with zero attached hydrogens (tertiary/aromatic N) is 1. The summed E-state index contributed by atoms with van der Waals surface area (Å²) in [6.07, 6.45) is 0.822. The number of carbonyl (C=O) groups is 2. The minimum absolute atomic E-state index is 0.107. The zero-order chi connectivity index (χ0) is 15.0. The molecule has 20 heavy (non-hydrogen) atoms. The van der Waals surface area contributed by atoms with Crippen LogP contribution in [0.2, 0.25) is 0 Å². The summed E-state index contributed by atoms with van der Waals surface area (Å²) in [5, 5.41) is 8.74. The van der Waals surface area contributed by atoms with Crippen LogP contribution in [0.25, 0.3) is 0 Å². The van der Waals surface area contributed by atoms with Crippen molar-refractivity contribution in [2.24, 2.45) is 0 Å². The summed E-state index contributed by atoms with van der Waals surface area (Å²) in [5.74, 6) is -0.948. The summed E-state index contributed by atoms with van der Waals surface area (Å²) in [7, 11) is 0. The standard InChI is InChI=1S/C15H19NO4/c1-3-9-20-15(19)16(8-7-14(17)18)11-13-6-4-5-12(2)10-13/h3-6,10H,1,7-9,11H2,2H3,(H,17,18). The molecule has 0 saturated carbocycles. The third-order valence-corrected chi connectivity index (χ3v) is 2.63. The molecule has 0 aliphatic carbocycles. The Hall–Kier alpha value is -2.30. The highest BCUT2D eigenvalue weighted by Crippen LogP contribution is 2.09. The van der Waals surface area contributed by atoms with Gasteiger partial charge in [-0.05, 0) is 12.5 Å². The second-order valence-electron chi connectivity index (χ2n) is 4.42. The van der Waals surface area contributed by atoms with E-state index in [2.05, 4.69) is 6.58 Å². The Morgan fingerprint density at radius 3 is 2.80 bits per heavy atom. The van der Waals surface area contributed by atoms with Gasteiger partial charge in [-0.3, -0.25) is 4.79 Å². The van der Waals surface area contributed by atoms with Gasteiger partial charge in [-0.15, -0.1) is 0 Å². The molecule has 1 aromatic carbocycles. The molecule has 5 nitrogen and oxygen atoms in total. The number of benzene rings is 1. The Kier molecular flexibility index (Phi) is 6.29. The van der Waals surface area contributed by atoms with E-state index < -0.39 is 12.1 Å². The first-order valence-corrected chi connectivity index (χ1v) is 6.33. The van der Waals surface area contributed by atoms with Crippen molar-refractivity contribution in [2.45, 2.75) is 19.9 Å². The van der Waals surface area contributed by atoms with Gasteiger partial charge in [-0.25, -0.2) is 4.79 Å². The molecule has 0 aliphatic rings. The van der Waals surface area contributed by atoms with Crippen molar-refractivity contribution in [1.82, 2.24) is 4.90 Å². The molecule has 1 aromatic rings. The number of amides is 1. The van der Waals surface area contributed by atoms with E-state index in [9.17, 15) is 9.59 Å². The first-order valence-electron chi connectivity index (χ1n) is 6.33. The summed E-state index contributed by atoms with van der Waals surface area (Å²) in [6.45, 7) is 5.97. The number of carbonyl (C=O) groups excluding carboxylic acids is 1. The first kappa shape index (κ1) is 15.8. The topological polar surface area (TPSA) is 66.8 Å². The van der Waals surface area contributed by atoms with Crippen molar-refractivity contribution in [3.05, 3.63) is 48.0 Å². The molecule has 0 atom stereocenters. The molecular formula is C15H19NO4. The molecule has 1 N–H and O–H groups in total. The van der Waals surface area contributed by atoms with E-state index in [1.807, 2.05) is 31.2 Å². The van der Waals surface area contributed by atoms with Crippen LogP contribution in [-0.2, 0) is 16.1 Å². The van der Waals surface area contributed by atoms with Crippen molar-refractivity contribution >= 4 is 12.1 Å². The minimum atomic E-state index is -0.948. The van der Waals surface area contributed by atoms with Gasteiger partial charge in [0.1, 0.15) is 6.61 Å². The maximum atomic E-state index is 11.9. The van der Waals surface area contributed by atoms with E-state index in [4.69, 9.17) is 9.84 Å². The highest BCUT2D eigenvalue weighted by Gasteiger charge is 2.16. The molecule has 0 fully saturated rings. The lowest BCUT2D eigenvalue weighted by atomic mass is 10.1. The Morgan fingerprint density at radius 1 is 1.45 bits per heavy atom. The molecule has 0 saturated heterocycles. The Balaban J connectivity index is 2.72. The molecule has 5 heteroatoms. The van der Waals surface area contributed by atoms with E-state index in [-0.39, 0.29) is 19.6 Å². The quantitative estimate of drug-likeness (QED) is 0.778. The van der Waals surface area contributed by atoms with Gasteiger partial charge in [-0.1, -0.05) is 42.5 Å². The van der Waals surface area contributed by atoms with Crippen molar-refractivity contribution < 1.29 is 19.4 Å². The second-order valence-corrected chi connectivity index (χ2v) is 4.42. The lowest BCUT2D eigenvalue weighted by Crippen LogP contribution is -2.33. The largest absolute Gasteiger partial charge is 0.481 e. The summed E-state index contributed by atoms with van der Waals surface area (Å²) >= 11 is 0. The van der Waals surface area contributed by atoms with Gasteiger partial charge in [0.25, 0.3) is 0 Å². The number of hydrogen-bond acceptors (Lipinski definition) is 3. The molecular weight excluding hydrogens is 258 g/mol. The lowest BCUT2D eigenvalue weighted by Gasteiger charge is -2.21. The fraction of sp³-hybridized carbons (Fsp3) is 0.333. The molecule has 0 radical (unpaired) electrons. The van der Waals surface area contributed by atoms with Gasteiger partial charge in [0.2, 0.25) is 0 Å². The number of carboxylic acid groups (broad SMARTS) is 1. The third-order valence-electron chi connectivity index (χ3n) is 2.63. The molecule has 0 heterocycles. The molecule has 0 bridgehead atoms. The van der Waals surface area contributed by atoms with Crippen molar-refractivity contribution in [2.75, 3.05) is 13.2 Å². The summed E-state index contributed by atoms with van der Waals surface area (Å²) < 4.78 is 4.96. The van der Waals surface area contributed by atoms with E-state index >= 15 is 0 Å². The number of aryl methyl sites for hydroxylation is 1. The fourth-order valence-corrected chi connectivity index (χ4v) is 1.72. The number of carboxylic acids is 1. The zero-order valence-electron chi connectivity index (χ0n) is 11.5. The van der Waals surface area contributed by atoms with Crippen LogP contribution < -0.4 is 0 Å². The molecule has 0 unspecified atom stereocenters. The normalized spacial score (nSPS) is 9.85.